The SMILES string of the molecule is CCOC(=O)c1ccc(NC(=O)COC2CCCC(C)C2)cc1. The predicted molar refractivity (Wildman–Crippen MR) is 88.4 cm³/mol. The lowest BCUT2D eigenvalue weighted by Crippen LogP contribution is -2.26. The first kappa shape index (κ1) is 17.5. The highest BCUT2D eigenvalue weighted by Gasteiger charge is 2.20. The number of hydrogen-bond donors (Lipinski definition) is 1. The molecule has 1 saturated carbocycles. The Morgan fingerprint density at radius 1 is 1.22 bits per heavy atom. The number of ether oxygens (including phenoxy) is 2. The number of benzene rings is 1. The quantitative estimate of drug-likeness (QED) is 0.816. The molecule has 0 aliphatic heterocycles. The molecule has 0 spiro atoms. The summed E-state index contributed by atoms with van der Waals surface area (Å²) in [5.74, 6) is 0.138. The van der Waals surface area contributed by atoms with Gasteiger partial charge in [-0.25, -0.2) is 4.79 Å². The van der Waals surface area contributed by atoms with Crippen molar-refractivity contribution in [3.63, 3.8) is 0 Å². The molecule has 2 unspecified atom stereocenters. The molecule has 1 aliphatic rings. The monoisotopic (exact) mass is 319 g/mol. The second-order valence-corrected chi connectivity index (χ2v) is 6.05. The van der Waals surface area contributed by atoms with Crippen molar-refractivity contribution in [2.24, 2.45) is 5.92 Å². The number of anilines is 1. The maximum Gasteiger partial charge on any atom is 0.338 e. The smallest absolute Gasteiger partial charge is 0.338 e. The zero-order valence-electron chi connectivity index (χ0n) is 13.8. The molecule has 1 amide bonds. The normalized spacial score (nSPS) is 20.8. The Balaban J connectivity index is 1.77. The van der Waals surface area contributed by atoms with E-state index in [4.69, 9.17) is 9.47 Å². The summed E-state index contributed by atoms with van der Waals surface area (Å²) in [5.41, 5.74) is 1.11. The molecule has 126 valence electrons. The molecular weight excluding hydrogens is 294 g/mol. The maximum absolute atomic E-state index is 11.9. The van der Waals surface area contributed by atoms with Gasteiger partial charge in [-0.2, -0.15) is 0 Å². The largest absolute Gasteiger partial charge is 0.462 e. The highest BCUT2D eigenvalue weighted by molar-refractivity contribution is 5.93. The fourth-order valence-corrected chi connectivity index (χ4v) is 2.82. The van der Waals surface area contributed by atoms with Crippen molar-refractivity contribution in [3.05, 3.63) is 29.8 Å². The van der Waals surface area contributed by atoms with Crippen molar-refractivity contribution >= 4 is 17.6 Å². The second-order valence-electron chi connectivity index (χ2n) is 6.05. The topological polar surface area (TPSA) is 64.6 Å². The van der Waals surface area contributed by atoms with E-state index < -0.39 is 0 Å². The van der Waals surface area contributed by atoms with Gasteiger partial charge in [-0.3, -0.25) is 4.79 Å². The van der Waals surface area contributed by atoms with Gasteiger partial charge in [0.25, 0.3) is 0 Å². The van der Waals surface area contributed by atoms with Crippen LogP contribution >= 0.6 is 0 Å². The fourth-order valence-electron chi connectivity index (χ4n) is 2.82. The summed E-state index contributed by atoms with van der Waals surface area (Å²) in [4.78, 5) is 23.5. The van der Waals surface area contributed by atoms with Crippen molar-refractivity contribution in [1.29, 1.82) is 0 Å². The molecule has 5 heteroatoms. The van der Waals surface area contributed by atoms with E-state index in [0.29, 0.717) is 23.8 Å². The summed E-state index contributed by atoms with van der Waals surface area (Å²) in [7, 11) is 0. The van der Waals surface area contributed by atoms with E-state index in [1.165, 1.54) is 12.8 Å². The minimum absolute atomic E-state index is 0.0665. The Morgan fingerprint density at radius 3 is 2.61 bits per heavy atom. The van der Waals surface area contributed by atoms with Crippen LogP contribution in [0.25, 0.3) is 0 Å². The Bertz CT molecular complexity index is 526. The third kappa shape index (κ3) is 5.67. The lowest BCUT2D eigenvalue weighted by molar-refractivity contribution is -0.123. The average molecular weight is 319 g/mol. The van der Waals surface area contributed by atoms with Crippen LogP contribution in [-0.4, -0.2) is 31.2 Å². The molecular formula is C18H25NO4. The van der Waals surface area contributed by atoms with Crippen molar-refractivity contribution in [3.8, 4) is 0 Å². The second kappa shape index (κ2) is 8.67. The third-order valence-electron chi connectivity index (χ3n) is 4.02. The predicted octanol–water partition coefficient (Wildman–Crippen LogP) is 3.40. The number of amides is 1. The molecule has 1 N–H and O–H groups in total. The van der Waals surface area contributed by atoms with E-state index in [0.717, 1.165) is 12.8 Å². The summed E-state index contributed by atoms with van der Waals surface area (Å²) in [6.45, 7) is 4.39. The van der Waals surface area contributed by atoms with Crippen LogP contribution in [-0.2, 0) is 14.3 Å². The van der Waals surface area contributed by atoms with E-state index >= 15 is 0 Å². The Hall–Kier alpha value is -1.88. The van der Waals surface area contributed by atoms with Crippen LogP contribution < -0.4 is 5.32 Å². The number of rotatable bonds is 6. The maximum atomic E-state index is 11.9. The van der Waals surface area contributed by atoms with Gasteiger partial charge in [-0.15, -0.1) is 0 Å². The molecule has 0 saturated heterocycles. The molecule has 2 atom stereocenters. The molecule has 0 radical (unpaired) electrons. The first-order valence-electron chi connectivity index (χ1n) is 8.27. The van der Waals surface area contributed by atoms with Gasteiger partial charge in [-0.05, 0) is 49.9 Å². The van der Waals surface area contributed by atoms with Crippen LogP contribution in [0.15, 0.2) is 24.3 Å². The van der Waals surface area contributed by atoms with E-state index in [1.807, 2.05) is 0 Å². The van der Waals surface area contributed by atoms with E-state index in [2.05, 4.69) is 12.2 Å². The van der Waals surface area contributed by atoms with Crippen LogP contribution in [0.3, 0.4) is 0 Å². The molecule has 23 heavy (non-hydrogen) atoms. The number of carbonyl (C=O) groups is 2. The van der Waals surface area contributed by atoms with Gasteiger partial charge in [0, 0.05) is 5.69 Å². The highest BCUT2D eigenvalue weighted by Crippen LogP contribution is 2.25. The van der Waals surface area contributed by atoms with Gasteiger partial charge < -0.3 is 14.8 Å². The third-order valence-corrected chi connectivity index (χ3v) is 4.02. The van der Waals surface area contributed by atoms with Gasteiger partial charge in [0.15, 0.2) is 0 Å². The van der Waals surface area contributed by atoms with Crippen molar-refractivity contribution in [2.45, 2.75) is 45.6 Å². The average Bonchev–Trinajstić information content (AvgIpc) is 2.54. The number of hydrogen-bond acceptors (Lipinski definition) is 4. The Morgan fingerprint density at radius 2 is 1.96 bits per heavy atom. The number of carbonyl (C=O) groups excluding carboxylic acids is 2. The van der Waals surface area contributed by atoms with E-state index in [1.54, 1.807) is 31.2 Å². The lowest BCUT2D eigenvalue weighted by Gasteiger charge is -2.26. The summed E-state index contributed by atoms with van der Waals surface area (Å²) in [5, 5.41) is 2.77. The first-order chi connectivity index (χ1) is 11.1. The summed E-state index contributed by atoms with van der Waals surface area (Å²) >= 11 is 0. The summed E-state index contributed by atoms with van der Waals surface area (Å²) in [6.07, 6.45) is 4.67. The molecule has 0 aromatic heterocycles. The molecule has 1 aromatic rings. The van der Waals surface area contributed by atoms with Gasteiger partial charge >= 0.3 is 5.97 Å². The summed E-state index contributed by atoms with van der Waals surface area (Å²) < 4.78 is 10.6. The molecule has 0 bridgehead atoms. The van der Waals surface area contributed by atoms with Crippen LogP contribution in [0.4, 0.5) is 5.69 Å². The molecule has 0 heterocycles. The summed E-state index contributed by atoms with van der Waals surface area (Å²) in [6, 6.07) is 6.65. The molecule has 1 aromatic carbocycles. The van der Waals surface area contributed by atoms with Crippen molar-refractivity contribution in [2.75, 3.05) is 18.5 Å². The van der Waals surface area contributed by atoms with Gasteiger partial charge in [0.2, 0.25) is 5.91 Å². The molecule has 5 nitrogen and oxygen atoms in total. The highest BCUT2D eigenvalue weighted by atomic mass is 16.5. The fraction of sp³-hybridized carbons (Fsp3) is 0.556. The zero-order chi connectivity index (χ0) is 16.7. The van der Waals surface area contributed by atoms with Gasteiger partial charge in [-0.1, -0.05) is 19.8 Å². The Kier molecular flexibility index (Phi) is 6.59. The Labute approximate surface area is 137 Å². The molecule has 2 rings (SSSR count). The molecule has 1 fully saturated rings. The van der Waals surface area contributed by atoms with Crippen LogP contribution in [0.2, 0.25) is 0 Å². The van der Waals surface area contributed by atoms with Crippen LogP contribution in [0.5, 0.6) is 0 Å². The minimum atomic E-state index is -0.361. The van der Waals surface area contributed by atoms with E-state index in [9.17, 15) is 9.59 Å². The minimum Gasteiger partial charge on any atom is -0.462 e. The standard InChI is InChI=1S/C18H25NO4/c1-3-22-18(21)14-7-9-15(10-8-14)19-17(20)12-23-16-6-4-5-13(2)11-16/h7-10,13,16H,3-6,11-12H2,1-2H3,(H,19,20). The molecule has 1 aliphatic carbocycles. The van der Waals surface area contributed by atoms with Crippen LogP contribution in [0, 0.1) is 5.92 Å². The first-order valence-corrected chi connectivity index (χ1v) is 8.27. The van der Waals surface area contributed by atoms with Crippen molar-refractivity contribution in [1.82, 2.24) is 0 Å². The van der Waals surface area contributed by atoms with Gasteiger partial charge in [0.05, 0.1) is 18.3 Å². The van der Waals surface area contributed by atoms with E-state index in [-0.39, 0.29) is 24.6 Å². The zero-order valence-corrected chi connectivity index (χ0v) is 13.8. The number of esters is 1. The number of nitrogens with one attached hydrogen (secondary N) is 1. The van der Waals surface area contributed by atoms with Crippen molar-refractivity contribution < 1.29 is 19.1 Å². The lowest BCUT2D eigenvalue weighted by atomic mass is 9.89. The van der Waals surface area contributed by atoms with Crippen LogP contribution in [0.1, 0.15) is 49.9 Å². The van der Waals surface area contributed by atoms with Gasteiger partial charge in [0.1, 0.15) is 6.61 Å².